The lowest BCUT2D eigenvalue weighted by atomic mass is 10.0. The maximum absolute atomic E-state index is 9.51. The molecule has 0 aromatic heterocycles. The quantitative estimate of drug-likeness (QED) is 0.843. The summed E-state index contributed by atoms with van der Waals surface area (Å²) in [6, 6.07) is 20.5. The summed E-state index contributed by atoms with van der Waals surface area (Å²) >= 11 is 0. The Morgan fingerprint density at radius 1 is 0.889 bits per heavy atom. The average Bonchev–Trinajstić information content (AvgIpc) is 2.46. The van der Waals surface area contributed by atoms with Crippen LogP contribution in [0.25, 0.3) is 0 Å². The van der Waals surface area contributed by atoms with Gasteiger partial charge in [0.2, 0.25) is 0 Å². The summed E-state index contributed by atoms with van der Waals surface area (Å²) in [5, 5.41) is 13.0. The Bertz CT molecular complexity index is 455. The molecule has 94 valence electrons. The molecule has 2 heteroatoms. The molecule has 0 heterocycles. The lowest BCUT2D eigenvalue weighted by molar-refractivity contribution is 0.235. The van der Waals surface area contributed by atoms with Crippen LogP contribution in [0, 0.1) is 0 Å². The van der Waals surface area contributed by atoms with Gasteiger partial charge in [-0.3, -0.25) is 0 Å². The van der Waals surface area contributed by atoms with Gasteiger partial charge in [0.1, 0.15) is 0 Å². The van der Waals surface area contributed by atoms with Crippen LogP contribution in [-0.4, -0.2) is 11.7 Å². The fourth-order valence-electron chi connectivity index (χ4n) is 2.08. The molecular formula is C16H19NO. The van der Waals surface area contributed by atoms with E-state index in [-0.39, 0.29) is 18.7 Å². The van der Waals surface area contributed by atoms with Gasteiger partial charge in [0, 0.05) is 6.04 Å². The van der Waals surface area contributed by atoms with E-state index in [0.717, 1.165) is 5.56 Å². The average molecular weight is 241 g/mol. The molecule has 0 amide bonds. The summed E-state index contributed by atoms with van der Waals surface area (Å²) < 4.78 is 0. The van der Waals surface area contributed by atoms with Gasteiger partial charge in [-0.25, -0.2) is 0 Å². The number of nitrogens with one attached hydrogen (secondary N) is 1. The Hall–Kier alpha value is -1.64. The van der Waals surface area contributed by atoms with Crippen molar-refractivity contribution in [2.75, 3.05) is 6.61 Å². The Labute approximate surface area is 108 Å². The highest BCUT2D eigenvalue weighted by molar-refractivity contribution is 5.22. The van der Waals surface area contributed by atoms with Gasteiger partial charge >= 0.3 is 0 Å². The zero-order valence-corrected chi connectivity index (χ0v) is 10.6. The molecule has 2 rings (SSSR count). The minimum Gasteiger partial charge on any atom is -0.394 e. The largest absolute Gasteiger partial charge is 0.394 e. The summed E-state index contributed by atoms with van der Waals surface area (Å²) in [6.07, 6.45) is 0. The molecule has 2 N–H and O–H groups in total. The van der Waals surface area contributed by atoms with Crippen molar-refractivity contribution >= 4 is 0 Å². The van der Waals surface area contributed by atoms with Crippen molar-refractivity contribution in [3.63, 3.8) is 0 Å². The number of hydrogen-bond donors (Lipinski definition) is 2. The molecule has 0 spiro atoms. The zero-order valence-electron chi connectivity index (χ0n) is 10.6. The molecule has 0 aliphatic heterocycles. The third-order valence-corrected chi connectivity index (χ3v) is 3.14. The summed E-state index contributed by atoms with van der Waals surface area (Å²) in [7, 11) is 0. The molecule has 18 heavy (non-hydrogen) atoms. The summed E-state index contributed by atoms with van der Waals surface area (Å²) in [5.74, 6) is 0. The summed E-state index contributed by atoms with van der Waals surface area (Å²) in [4.78, 5) is 0. The van der Waals surface area contributed by atoms with Crippen LogP contribution in [0.5, 0.6) is 0 Å². The second kappa shape index (κ2) is 6.34. The molecule has 0 fully saturated rings. The minimum absolute atomic E-state index is 0.0265. The van der Waals surface area contributed by atoms with Crippen molar-refractivity contribution in [1.82, 2.24) is 5.32 Å². The molecule has 2 atom stereocenters. The van der Waals surface area contributed by atoms with Gasteiger partial charge in [-0.05, 0) is 18.1 Å². The van der Waals surface area contributed by atoms with Crippen LogP contribution in [0.2, 0.25) is 0 Å². The maximum atomic E-state index is 9.51. The first-order valence-electron chi connectivity index (χ1n) is 6.28. The van der Waals surface area contributed by atoms with E-state index >= 15 is 0 Å². The molecule has 0 saturated heterocycles. The highest BCUT2D eigenvalue weighted by Gasteiger charge is 2.13. The van der Waals surface area contributed by atoms with Crippen molar-refractivity contribution in [1.29, 1.82) is 0 Å². The van der Waals surface area contributed by atoms with Gasteiger partial charge in [0.15, 0.2) is 0 Å². The van der Waals surface area contributed by atoms with Crippen LogP contribution in [-0.2, 0) is 0 Å². The smallest absolute Gasteiger partial charge is 0.0626 e. The van der Waals surface area contributed by atoms with Gasteiger partial charge in [-0.2, -0.15) is 0 Å². The van der Waals surface area contributed by atoms with Gasteiger partial charge in [-0.1, -0.05) is 60.7 Å². The Morgan fingerprint density at radius 2 is 1.39 bits per heavy atom. The standard InChI is InChI=1S/C16H19NO/c1-13(14-8-4-2-5-9-14)17-16(12-18)15-10-6-3-7-11-15/h2-11,13,16-18H,12H2,1H3/t13-,16+/m0/s1. The molecule has 2 aromatic carbocycles. The van der Waals surface area contributed by atoms with Crippen molar-refractivity contribution in [3.05, 3.63) is 71.8 Å². The second-order valence-electron chi connectivity index (χ2n) is 4.44. The van der Waals surface area contributed by atoms with Crippen LogP contribution in [0.1, 0.15) is 30.1 Å². The fraction of sp³-hybridized carbons (Fsp3) is 0.250. The number of rotatable bonds is 5. The van der Waals surface area contributed by atoms with Crippen LogP contribution in [0.3, 0.4) is 0 Å². The van der Waals surface area contributed by atoms with Crippen LogP contribution in [0.4, 0.5) is 0 Å². The summed E-state index contributed by atoms with van der Waals surface area (Å²) in [6.45, 7) is 2.21. The van der Waals surface area contributed by atoms with E-state index in [1.165, 1.54) is 5.56 Å². The molecule has 2 aromatic rings. The number of aliphatic hydroxyl groups excluding tert-OH is 1. The van der Waals surface area contributed by atoms with E-state index in [0.29, 0.717) is 0 Å². The van der Waals surface area contributed by atoms with Gasteiger partial charge in [-0.15, -0.1) is 0 Å². The monoisotopic (exact) mass is 241 g/mol. The SMILES string of the molecule is C[C@H](N[C@H](CO)c1ccccc1)c1ccccc1. The number of benzene rings is 2. The molecule has 0 saturated carbocycles. The maximum Gasteiger partial charge on any atom is 0.0626 e. The van der Waals surface area contributed by atoms with Crippen molar-refractivity contribution in [2.24, 2.45) is 0 Å². The van der Waals surface area contributed by atoms with E-state index < -0.39 is 0 Å². The number of aliphatic hydroxyl groups is 1. The lowest BCUT2D eigenvalue weighted by Gasteiger charge is -2.22. The first-order chi connectivity index (χ1) is 8.81. The van der Waals surface area contributed by atoms with Gasteiger partial charge in [0.25, 0.3) is 0 Å². The van der Waals surface area contributed by atoms with E-state index in [2.05, 4.69) is 24.4 Å². The molecular weight excluding hydrogens is 222 g/mol. The minimum atomic E-state index is -0.0265. The predicted octanol–water partition coefficient (Wildman–Crippen LogP) is 3.07. The lowest BCUT2D eigenvalue weighted by Crippen LogP contribution is -2.27. The third-order valence-electron chi connectivity index (χ3n) is 3.14. The third kappa shape index (κ3) is 3.19. The molecule has 0 unspecified atom stereocenters. The fourth-order valence-corrected chi connectivity index (χ4v) is 2.08. The first-order valence-corrected chi connectivity index (χ1v) is 6.28. The van der Waals surface area contributed by atoms with E-state index in [1.54, 1.807) is 0 Å². The molecule has 0 bridgehead atoms. The topological polar surface area (TPSA) is 32.3 Å². The molecule has 0 radical (unpaired) electrons. The summed E-state index contributed by atoms with van der Waals surface area (Å²) in [5.41, 5.74) is 2.34. The van der Waals surface area contributed by atoms with Crippen molar-refractivity contribution in [3.8, 4) is 0 Å². The van der Waals surface area contributed by atoms with Gasteiger partial charge < -0.3 is 10.4 Å². The highest BCUT2D eigenvalue weighted by atomic mass is 16.3. The number of hydrogen-bond acceptors (Lipinski definition) is 2. The van der Waals surface area contributed by atoms with E-state index in [1.807, 2.05) is 48.5 Å². The predicted molar refractivity (Wildman–Crippen MR) is 74.3 cm³/mol. The van der Waals surface area contributed by atoms with Crippen molar-refractivity contribution in [2.45, 2.75) is 19.0 Å². The normalized spacial score (nSPS) is 14.1. The van der Waals surface area contributed by atoms with Crippen LogP contribution >= 0.6 is 0 Å². The van der Waals surface area contributed by atoms with Crippen LogP contribution < -0.4 is 5.32 Å². The Kier molecular flexibility index (Phi) is 4.51. The zero-order chi connectivity index (χ0) is 12.8. The first kappa shape index (κ1) is 12.8. The van der Waals surface area contributed by atoms with Crippen LogP contribution in [0.15, 0.2) is 60.7 Å². The second-order valence-corrected chi connectivity index (χ2v) is 4.44. The Balaban J connectivity index is 2.07. The highest BCUT2D eigenvalue weighted by Crippen LogP contribution is 2.18. The molecule has 2 nitrogen and oxygen atoms in total. The van der Waals surface area contributed by atoms with E-state index in [9.17, 15) is 5.11 Å². The van der Waals surface area contributed by atoms with E-state index in [4.69, 9.17) is 0 Å². The molecule has 0 aliphatic rings. The van der Waals surface area contributed by atoms with Gasteiger partial charge in [0.05, 0.1) is 12.6 Å². The Morgan fingerprint density at radius 3 is 1.89 bits per heavy atom. The molecule has 0 aliphatic carbocycles. The van der Waals surface area contributed by atoms with Crippen molar-refractivity contribution < 1.29 is 5.11 Å².